The Morgan fingerprint density at radius 1 is 0.833 bits per heavy atom. The third kappa shape index (κ3) is 2.98. The maximum absolute atomic E-state index is 4.26. The van der Waals surface area contributed by atoms with E-state index in [0.717, 1.165) is 8.39 Å². The topological polar surface area (TPSA) is 0 Å². The molecule has 0 saturated heterocycles. The lowest BCUT2D eigenvalue weighted by atomic mass is 9.84. The summed E-state index contributed by atoms with van der Waals surface area (Å²) >= 11 is 17.0. The molecule has 0 aliphatic heterocycles. The molecular formula is C8H14S4+2. The van der Waals surface area contributed by atoms with Crippen LogP contribution in [0.2, 0.25) is 0 Å². The Morgan fingerprint density at radius 3 is 1.25 bits per heavy atom. The highest BCUT2D eigenvalue weighted by Crippen LogP contribution is 2.31. The van der Waals surface area contributed by atoms with E-state index in [-0.39, 0.29) is 0 Å². The van der Waals surface area contributed by atoms with Crippen LogP contribution in [0, 0.1) is 11.8 Å². The quantitative estimate of drug-likeness (QED) is 0.406. The Bertz CT molecular complexity index is 169. The van der Waals surface area contributed by atoms with Crippen LogP contribution >= 0.6 is 25.3 Å². The lowest BCUT2D eigenvalue weighted by Gasteiger charge is -2.22. The highest BCUT2D eigenvalue weighted by atomic mass is 32.1. The van der Waals surface area contributed by atoms with Crippen LogP contribution in [0.25, 0.3) is 0 Å². The van der Waals surface area contributed by atoms with Crippen LogP contribution < -0.4 is 0 Å². The van der Waals surface area contributed by atoms with E-state index in [1.54, 1.807) is 0 Å². The first-order valence-electron chi connectivity index (χ1n) is 4.10. The van der Waals surface area contributed by atoms with Crippen molar-refractivity contribution in [2.24, 2.45) is 11.8 Å². The van der Waals surface area contributed by atoms with Gasteiger partial charge in [-0.2, -0.15) is 0 Å². The summed E-state index contributed by atoms with van der Waals surface area (Å²) in [6, 6.07) is 0. The lowest BCUT2D eigenvalue weighted by molar-refractivity contribution is 0.398. The standard InChI is InChI=1S/C8H12S4/c9-7(10)5-1-2-6(4-3-5)8(11)12/h5-6H,1-4H2,(H,9,10)(H,11,12)/p+2. The van der Waals surface area contributed by atoms with Gasteiger partial charge in [0.2, 0.25) is 8.39 Å². The van der Waals surface area contributed by atoms with Gasteiger partial charge in [-0.3, -0.25) is 0 Å². The van der Waals surface area contributed by atoms with Gasteiger partial charge in [0.1, 0.15) is 0 Å². The Labute approximate surface area is 95.3 Å². The monoisotopic (exact) mass is 238 g/mol. The zero-order valence-electron chi connectivity index (χ0n) is 6.77. The molecule has 1 aliphatic carbocycles. The maximum atomic E-state index is 4.26. The van der Waals surface area contributed by atoms with Crippen LogP contribution in [0.3, 0.4) is 0 Å². The van der Waals surface area contributed by atoms with E-state index in [9.17, 15) is 0 Å². The normalized spacial score (nSPS) is 29.8. The fourth-order valence-electron chi connectivity index (χ4n) is 1.61. The minimum atomic E-state index is 0.592. The predicted molar refractivity (Wildman–Crippen MR) is 71.0 cm³/mol. The predicted octanol–water partition coefficient (Wildman–Crippen LogP) is 1.47. The third-order valence-corrected chi connectivity index (χ3v) is 3.92. The molecule has 0 amide bonds. The molecule has 0 unspecified atom stereocenters. The van der Waals surface area contributed by atoms with Crippen molar-refractivity contribution in [1.29, 1.82) is 0 Å². The van der Waals surface area contributed by atoms with Crippen molar-refractivity contribution in [3.8, 4) is 0 Å². The molecule has 0 aromatic heterocycles. The van der Waals surface area contributed by atoms with E-state index in [0.29, 0.717) is 11.8 Å². The highest BCUT2D eigenvalue weighted by Gasteiger charge is 2.29. The summed E-state index contributed by atoms with van der Waals surface area (Å²) in [7, 11) is 0. The number of hydrogen-bond acceptors (Lipinski definition) is 0. The smallest absolute Gasteiger partial charge is 0.0869 e. The van der Waals surface area contributed by atoms with E-state index in [2.05, 4.69) is 49.7 Å². The minimum Gasteiger partial charge on any atom is -0.0869 e. The molecule has 0 radical (unpaired) electrons. The average Bonchev–Trinajstić information content (AvgIpc) is 2.04. The molecule has 0 bridgehead atoms. The maximum Gasteiger partial charge on any atom is 0.232 e. The largest absolute Gasteiger partial charge is 0.232 e. The van der Waals surface area contributed by atoms with E-state index < -0.39 is 0 Å². The molecule has 0 aromatic carbocycles. The summed E-state index contributed by atoms with van der Waals surface area (Å²) in [5.74, 6) is 1.18. The van der Waals surface area contributed by atoms with Crippen molar-refractivity contribution >= 4 is 58.1 Å². The van der Waals surface area contributed by atoms with Crippen molar-refractivity contribution < 1.29 is 0 Å². The number of thiol groups is 4. The second-order valence-electron chi connectivity index (χ2n) is 3.26. The Hall–Kier alpha value is 0.880. The molecule has 12 heavy (non-hydrogen) atoms. The molecule has 0 spiro atoms. The molecule has 0 nitrogen and oxygen atoms in total. The summed E-state index contributed by atoms with van der Waals surface area (Å²) < 4.78 is 1.96. The van der Waals surface area contributed by atoms with Crippen LogP contribution in [0.15, 0.2) is 0 Å². The van der Waals surface area contributed by atoms with Gasteiger partial charge in [-0.05, 0) is 25.7 Å². The number of rotatable bonds is 2. The molecule has 0 aromatic rings. The van der Waals surface area contributed by atoms with Crippen molar-refractivity contribution in [3.05, 3.63) is 0 Å². The van der Waals surface area contributed by atoms with Gasteiger partial charge in [-0.25, -0.2) is 0 Å². The summed E-state index contributed by atoms with van der Waals surface area (Å²) in [6.07, 6.45) is 4.71. The van der Waals surface area contributed by atoms with Crippen molar-refractivity contribution in [2.75, 3.05) is 0 Å². The fraction of sp³-hybridized carbons (Fsp3) is 0.750. The first kappa shape index (κ1) is 11.0. The van der Waals surface area contributed by atoms with Gasteiger partial charge in [0.15, 0.2) is 24.4 Å². The Morgan fingerprint density at radius 2 is 1.08 bits per heavy atom. The zero-order chi connectivity index (χ0) is 9.14. The summed E-state index contributed by atoms with van der Waals surface area (Å²) in [5, 5.41) is 0. The van der Waals surface area contributed by atoms with Gasteiger partial charge < -0.3 is 0 Å². The molecular weight excluding hydrogens is 224 g/mol. The van der Waals surface area contributed by atoms with E-state index in [1.165, 1.54) is 25.7 Å². The third-order valence-electron chi connectivity index (χ3n) is 2.46. The van der Waals surface area contributed by atoms with Gasteiger partial charge in [0.05, 0.1) is 0 Å². The molecule has 0 N–H and O–H groups in total. The summed E-state index contributed by atoms with van der Waals surface area (Å²) in [5.41, 5.74) is 0. The van der Waals surface area contributed by atoms with Gasteiger partial charge >= 0.3 is 0 Å². The zero-order valence-corrected chi connectivity index (χ0v) is 10.3. The molecule has 68 valence electrons. The second-order valence-corrected chi connectivity index (χ2v) is 5.90. The van der Waals surface area contributed by atoms with Crippen molar-refractivity contribution in [2.45, 2.75) is 25.7 Å². The molecule has 1 rings (SSSR count). The minimum absolute atomic E-state index is 0.592. The highest BCUT2D eigenvalue weighted by molar-refractivity contribution is 8.06. The van der Waals surface area contributed by atoms with Crippen molar-refractivity contribution in [1.82, 2.24) is 0 Å². The molecule has 0 heterocycles. The van der Waals surface area contributed by atoms with Crippen molar-refractivity contribution in [3.63, 3.8) is 0 Å². The summed E-state index contributed by atoms with van der Waals surface area (Å²) in [6.45, 7) is 0. The van der Waals surface area contributed by atoms with Gasteiger partial charge in [-0.1, -0.05) is 25.3 Å². The van der Waals surface area contributed by atoms with Gasteiger partial charge in [0, 0.05) is 11.8 Å². The summed E-state index contributed by atoms with van der Waals surface area (Å²) in [4.78, 5) is 0. The van der Waals surface area contributed by atoms with Gasteiger partial charge in [-0.15, -0.1) is 0 Å². The molecule has 4 heteroatoms. The van der Waals surface area contributed by atoms with Crippen LogP contribution in [0.5, 0.6) is 0 Å². The van der Waals surface area contributed by atoms with E-state index in [1.807, 2.05) is 0 Å². The Kier molecular flexibility index (Phi) is 4.51. The Balaban J connectivity index is 2.39. The lowest BCUT2D eigenvalue weighted by Crippen LogP contribution is -2.21. The molecule has 0 atom stereocenters. The number of hydrogen-bond donors (Lipinski definition) is 2. The van der Waals surface area contributed by atoms with E-state index >= 15 is 0 Å². The molecule has 1 saturated carbocycles. The molecule has 1 aliphatic rings. The SMILES string of the molecule is SC(=[SH+])C1CCC(C(S)=[SH+])CC1. The van der Waals surface area contributed by atoms with Crippen LogP contribution in [-0.4, -0.2) is 8.39 Å². The first-order chi connectivity index (χ1) is 5.61. The van der Waals surface area contributed by atoms with Crippen LogP contribution in [0.1, 0.15) is 25.7 Å². The first-order valence-corrected chi connectivity index (χ1v) is 5.89. The van der Waals surface area contributed by atoms with Gasteiger partial charge in [0.25, 0.3) is 0 Å². The van der Waals surface area contributed by atoms with Crippen LogP contribution in [0.4, 0.5) is 0 Å². The fourth-order valence-corrected chi connectivity index (χ4v) is 2.64. The average molecular weight is 238 g/mol. The van der Waals surface area contributed by atoms with E-state index in [4.69, 9.17) is 0 Å². The second kappa shape index (κ2) is 4.94. The molecule has 1 fully saturated rings. The van der Waals surface area contributed by atoms with Crippen LogP contribution in [-0.2, 0) is 24.4 Å².